The van der Waals surface area contributed by atoms with Crippen LogP contribution in [0.1, 0.15) is 16.7 Å². The predicted molar refractivity (Wildman–Crippen MR) is 263 cm³/mol. The topological polar surface area (TPSA) is 42.8 Å². The number of nitrogens with zero attached hydrogens (tertiary/aromatic N) is 3. The van der Waals surface area contributed by atoms with Crippen LogP contribution in [0.4, 0.5) is 0 Å². The Bertz CT molecular complexity index is 3910. The molecular formula is C58H37N3O. The summed E-state index contributed by atoms with van der Waals surface area (Å²) >= 11 is 0. The molecule has 0 atom stereocenters. The SMILES string of the molecule is C=C/C(=N\C(=N/C(=C)c1cccc2ccccc12)c1ccc2ccccc2c1)c1ccc(-n2c3cc4ccccc4cc3c3c4ccccc4ccc32)c2c1oc1ccccc12. The fourth-order valence-electron chi connectivity index (χ4n) is 9.41. The molecule has 0 spiro atoms. The number of fused-ring (bicyclic) bond motifs is 11. The first kappa shape index (κ1) is 35.6. The smallest absolute Gasteiger partial charge is 0.160 e. The molecule has 12 rings (SSSR count). The number of hydrogen-bond acceptors (Lipinski definition) is 2. The van der Waals surface area contributed by atoms with Gasteiger partial charge in [-0.2, -0.15) is 0 Å². The summed E-state index contributed by atoms with van der Waals surface area (Å²) < 4.78 is 9.33. The van der Waals surface area contributed by atoms with Gasteiger partial charge in [-0.1, -0.05) is 165 Å². The van der Waals surface area contributed by atoms with Gasteiger partial charge in [-0.05, 0) is 91.6 Å². The van der Waals surface area contributed by atoms with Crippen molar-refractivity contribution in [3.8, 4) is 5.69 Å². The minimum atomic E-state index is 0.526. The van der Waals surface area contributed by atoms with Crippen LogP contribution >= 0.6 is 0 Å². The molecule has 0 amide bonds. The van der Waals surface area contributed by atoms with E-state index in [2.05, 4.69) is 194 Å². The number of aliphatic imine (C=N–C) groups is 2. The molecule has 0 aliphatic heterocycles. The summed E-state index contributed by atoms with van der Waals surface area (Å²) in [5, 5.41) is 13.7. The maximum atomic E-state index is 6.91. The highest BCUT2D eigenvalue weighted by Gasteiger charge is 2.23. The van der Waals surface area contributed by atoms with Gasteiger partial charge in [0.25, 0.3) is 0 Å². The van der Waals surface area contributed by atoms with Crippen LogP contribution in [0.5, 0.6) is 0 Å². The molecule has 290 valence electrons. The van der Waals surface area contributed by atoms with Crippen LogP contribution in [-0.2, 0) is 0 Å². The number of benzene rings is 10. The molecular weight excluding hydrogens is 755 g/mol. The van der Waals surface area contributed by atoms with Crippen LogP contribution in [0.3, 0.4) is 0 Å². The molecule has 10 aromatic carbocycles. The third-order valence-electron chi connectivity index (χ3n) is 12.3. The first-order valence-electron chi connectivity index (χ1n) is 20.9. The monoisotopic (exact) mass is 791 g/mol. The molecule has 0 saturated heterocycles. The summed E-state index contributed by atoms with van der Waals surface area (Å²) in [4.78, 5) is 10.6. The number of furan rings is 1. The van der Waals surface area contributed by atoms with Gasteiger partial charge in [0, 0.05) is 32.8 Å². The number of para-hydroxylation sites is 1. The Morgan fingerprint density at radius 3 is 1.89 bits per heavy atom. The van der Waals surface area contributed by atoms with Crippen molar-refractivity contribution in [2.75, 3.05) is 0 Å². The zero-order chi connectivity index (χ0) is 41.3. The van der Waals surface area contributed by atoms with Gasteiger partial charge >= 0.3 is 0 Å². The Morgan fingerprint density at radius 2 is 1.10 bits per heavy atom. The van der Waals surface area contributed by atoms with Gasteiger partial charge in [-0.3, -0.25) is 0 Å². The van der Waals surface area contributed by atoms with Crippen molar-refractivity contribution in [3.63, 3.8) is 0 Å². The lowest BCUT2D eigenvalue weighted by atomic mass is 10.0. The molecule has 12 aromatic rings. The Hall–Kier alpha value is -8.34. The third kappa shape index (κ3) is 5.62. The maximum absolute atomic E-state index is 6.91. The second kappa shape index (κ2) is 14.1. The predicted octanol–water partition coefficient (Wildman–Crippen LogP) is 15.4. The van der Waals surface area contributed by atoms with Crippen LogP contribution in [0.15, 0.2) is 228 Å². The fourth-order valence-corrected chi connectivity index (χ4v) is 9.41. The summed E-state index contributed by atoms with van der Waals surface area (Å²) in [5.74, 6) is 0.526. The third-order valence-corrected chi connectivity index (χ3v) is 12.3. The Balaban J connectivity index is 1.12. The number of aromatic nitrogens is 1. The lowest BCUT2D eigenvalue weighted by molar-refractivity contribution is 0.668. The van der Waals surface area contributed by atoms with Crippen molar-refractivity contribution in [1.29, 1.82) is 0 Å². The van der Waals surface area contributed by atoms with E-state index >= 15 is 0 Å². The quantitative estimate of drug-likeness (QED) is 0.122. The first-order valence-corrected chi connectivity index (χ1v) is 20.9. The van der Waals surface area contributed by atoms with Crippen molar-refractivity contribution >= 4 is 104 Å². The molecule has 0 aliphatic rings. The average Bonchev–Trinajstić information content (AvgIpc) is 3.88. The van der Waals surface area contributed by atoms with Gasteiger partial charge in [-0.15, -0.1) is 0 Å². The van der Waals surface area contributed by atoms with Crippen LogP contribution in [0, 0.1) is 0 Å². The van der Waals surface area contributed by atoms with E-state index in [4.69, 9.17) is 14.4 Å². The molecule has 0 saturated carbocycles. The molecule has 2 heterocycles. The summed E-state index contributed by atoms with van der Waals surface area (Å²) in [5.41, 5.74) is 8.69. The van der Waals surface area contributed by atoms with Gasteiger partial charge in [0.05, 0.1) is 33.5 Å². The highest BCUT2D eigenvalue weighted by Crippen LogP contribution is 2.43. The normalized spacial score (nSPS) is 12.5. The van der Waals surface area contributed by atoms with Crippen molar-refractivity contribution in [1.82, 2.24) is 4.57 Å². The van der Waals surface area contributed by atoms with Crippen molar-refractivity contribution in [3.05, 3.63) is 230 Å². The summed E-state index contributed by atoms with van der Waals surface area (Å²) in [6.07, 6.45) is 1.80. The molecule has 0 N–H and O–H groups in total. The Labute approximate surface area is 357 Å². The number of allylic oxidation sites excluding steroid dienone is 1. The van der Waals surface area contributed by atoms with Crippen molar-refractivity contribution in [2.45, 2.75) is 0 Å². The van der Waals surface area contributed by atoms with E-state index in [0.717, 1.165) is 76.9 Å². The second-order valence-electron chi connectivity index (χ2n) is 15.8. The van der Waals surface area contributed by atoms with E-state index in [9.17, 15) is 0 Å². The maximum Gasteiger partial charge on any atom is 0.160 e. The lowest BCUT2D eigenvalue weighted by Gasteiger charge is -2.13. The number of amidine groups is 1. The van der Waals surface area contributed by atoms with Crippen LogP contribution in [0.25, 0.3) is 98.2 Å². The highest BCUT2D eigenvalue weighted by atomic mass is 16.3. The molecule has 4 heteroatoms. The zero-order valence-electron chi connectivity index (χ0n) is 33.7. The van der Waals surface area contributed by atoms with Crippen molar-refractivity contribution in [2.24, 2.45) is 9.98 Å². The second-order valence-corrected chi connectivity index (χ2v) is 15.8. The molecule has 0 fully saturated rings. The molecule has 0 unspecified atom stereocenters. The Morgan fingerprint density at radius 1 is 0.468 bits per heavy atom. The lowest BCUT2D eigenvalue weighted by Crippen LogP contribution is -2.06. The largest absolute Gasteiger partial charge is 0.455 e. The molecule has 4 nitrogen and oxygen atoms in total. The standard InChI is InChI=1S/C58H37N3O/c1-3-50(60-58(43-28-27-37-15-4-5-18-40(37)33-43)59-36(2)44-25-14-21-38-16-8-10-22-45(38)44)47-30-32-52(56-48-24-12-13-26-54(48)62-57(47)56)61-51-31-29-39-17-9-11-23-46(39)55(51)49-34-41-19-6-7-20-42(41)35-53(49)61/h3-35H,1-2H2/b59-58-,60-50+. The van der Waals surface area contributed by atoms with E-state index in [1.54, 1.807) is 6.08 Å². The van der Waals surface area contributed by atoms with Crippen LogP contribution in [0.2, 0.25) is 0 Å². The molecule has 0 aliphatic carbocycles. The van der Waals surface area contributed by atoms with Crippen molar-refractivity contribution < 1.29 is 4.42 Å². The van der Waals surface area contributed by atoms with Crippen LogP contribution in [-0.4, -0.2) is 16.1 Å². The van der Waals surface area contributed by atoms with Gasteiger partial charge in [0.2, 0.25) is 0 Å². The van der Waals surface area contributed by atoms with E-state index in [1.807, 2.05) is 18.2 Å². The summed E-state index contributed by atoms with van der Waals surface area (Å²) in [6.45, 7) is 8.84. The van der Waals surface area contributed by atoms with E-state index < -0.39 is 0 Å². The zero-order valence-corrected chi connectivity index (χ0v) is 33.7. The minimum absolute atomic E-state index is 0.526. The average molecular weight is 792 g/mol. The fraction of sp³-hybridized carbons (Fsp3) is 0. The molecule has 0 radical (unpaired) electrons. The van der Waals surface area contributed by atoms with Gasteiger partial charge in [-0.25, -0.2) is 9.98 Å². The Kier molecular flexibility index (Phi) is 8.12. The molecule has 0 bridgehead atoms. The number of rotatable bonds is 6. The van der Waals surface area contributed by atoms with E-state index in [-0.39, 0.29) is 0 Å². The van der Waals surface area contributed by atoms with Gasteiger partial charge in [0.15, 0.2) is 5.84 Å². The van der Waals surface area contributed by atoms with E-state index in [0.29, 0.717) is 17.2 Å². The molecule has 62 heavy (non-hydrogen) atoms. The van der Waals surface area contributed by atoms with Gasteiger partial charge < -0.3 is 8.98 Å². The van der Waals surface area contributed by atoms with Gasteiger partial charge in [0.1, 0.15) is 11.2 Å². The number of hydrogen-bond donors (Lipinski definition) is 0. The summed E-state index contributed by atoms with van der Waals surface area (Å²) in [7, 11) is 0. The summed E-state index contributed by atoms with van der Waals surface area (Å²) in [6, 6.07) is 68.3. The first-order chi connectivity index (χ1) is 30.6. The highest BCUT2D eigenvalue weighted by molar-refractivity contribution is 6.27. The molecule has 2 aromatic heterocycles. The van der Waals surface area contributed by atoms with E-state index in [1.165, 1.54) is 32.3 Å². The minimum Gasteiger partial charge on any atom is -0.455 e. The van der Waals surface area contributed by atoms with Crippen LogP contribution < -0.4 is 0 Å².